The van der Waals surface area contributed by atoms with E-state index in [1.54, 1.807) is 55.6 Å². The molecule has 2 N–H and O–H groups in total. The molecule has 0 radical (unpaired) electrons. The van der Waals surface area contributed by atoms with Crippen molar-refractivity contribution in [1.29, 1.82) is 0 Å². The lowest BCUT2D eigenvalue weighted by molar-refractivity contribution is -0.117. The normalized spacial score (nSPS) is 12.2. The van der Waals surface area contributed by atoms with Gasteiger partial charge in [-0.1, -0.05) is 26.0 Å². The van der Waals surface area contributed by atoms with Crippen molar-refractivity contribution in [2.24, 2.45) is 5.92 Å². The van der Waals surface area contributed by atoms with Crippen LogP contribution >= 0.6 is 0 Å². The van der Waals surface area contributed by atoms with Crippen LogP contribution in [0.2, 0.25) is 0 Å². The minimum atomic E-state index is -0.333. The number of hydrogen-bond donors (Lipinski definition) is 2. The summed E-state index contributed by atoms with van der Waals surface area (Å²) in [6.07, 6.45) is 0.431. The molecule has 4 aromatic rings. The van der Waals surface area contributed by atoms with Gasteiger partial charge in [-0.2, -0.15) is 4.68 Å². The topological polar surface area (TPSA) is 130 Å². The number of hydrogen-bond acceptors (Lipinski definition) is 8. The Morgan fingerprint density at radius 1 is 0.886 bits per heavy atom. The molecule has 5 rings (SSSR count). The van der Waals surface area contributed by atoms with E-state index in [0.717, 1.165) is 5.56 Å². The van der Waals surface area contributed by atoms with Crippen LogP contribution < -0.4 is 29.6 Å². The Bertz CT molecular complexity index is 1700. The molecule has 11 nitrogen and oxygen atoms in total. The van der Waals surface area contributed by atoms with Gasteiger partial charge in [0.25, 0.3) is 5.91 Å². The largest absolute Gasteiger partial charge is 0.493 e. The van der Waals surface area contributed by atoms with Gasteiger partial charge in [0.15, 0.2) is 28.8 Å². The van der Waals surface area contributed by atoms with Gasteiger partial charge in [-0.15, -0.1) is 5.10 Å². The van der Waals surface area contributed by atoms with Crippen LogP contribution in [-0.4, -0.2) is 54.4 Å². The first kappa shape index (κ1) is 30.4. The van der Waals surface area contributed by atoms with Crippen LogP contribution in [0, 0.1) is 5.92 Å². The van der Waals surface area contributed by atoms with E-state index in [0.29, 0.717) is 71.4 Å². The fourth-order valence-electron chi connectivity index (χ4n) is 4.97. The summed E-state index contributed by atoms with van der Waals surface area (Å²) in [4.78, 5) is 39.3. The number of carbonyl (C=O) groups excluding carboxylic acids is 3. The average Bonchev–Trinajstić information content (AvgIpc) is 3.34. The van der Waals surface area contributed by atoms with Gasteiger partial charge in [-0.25, -0.2) is 0 Å². The van der Waals surface area contributed by atoms with Crippen molar-refractivity contribution >= 4 is 40.1 Å². The second-order valence-electron chi connectivity index (χ2n) is 10.8. The lowest BCUT2D eigenvalue weighted by Gasteiger charge is -2.18. The number of rotatable bonds is 11. The highest BCUT2D eigenvalue weighted by Gasteiger charge is 2.20. The highest BCUT2D eigenvalue weighted by atomic mass is 16.6. The maximum atomic E-state index is 13.7. The number of nitrogens with zero attached hydrogens (tertiary/aromatic N) is 2. The quantitative estimate of drug-likeness (QED) is 0.238. The van der Waals surface area contributed by atoms with Gasteiger partial charge in [0.05, 0.1) is 32.1 Å². The number of nitrogens with one attached hydrogen (secondary N) is 2. The van der Waals surface area contributed by atoms with E-state index in [1.165, 1.54) is 4.68 Å². The SMILES string of the molecule is CCOc1cc(CC(=O)n2nc(NC(=O)Cc3ccc4c(c3)OCCO4)c3ccc(NC(=O)CC(C)C)cc32)ccc1OC. The lowest BCUT2D eigenvalue weighted by atomic mass is 10.1. The zero-order chi connectivity index (χ0) is 31.2. The number of methoxy groups -OCH3 is 1. The summed E-state index contributed by atoms with van der Waals surface area (Å²) < 4.78 is 23.5. The van der Waals surface area contributed by atoms with Crippen LogP contribution in [0.4, 0.5) is 11.5 Å². The third-order valence-corrected chi connectivity index (χ3v) is 6.91. The number of benzene rings is 3. The molecular formula is C33H36N4O7. The summed E-state index contributed by atoms with van der Waals surface area (Å²) in [7, 11) is 1.56. The molecule has 0 spiro atoms. The third kappa shape index (κ3) is 7.11. The summed E-state index contributed by atoms with van der Waals surface area (Å²) in [5, 5.41) is 10.8. The standard InChI is InChI=1S/C33H36N4O7/c1-5-42-28-16-22(6-10-26(28)41-4)18-32(40)37-25-19-23(34-30(38)14-20(2)3)8-9-24(25)33(36-37)35-31(39)17-21-7-11-27-29(15-21)44-13-12-43-27/h6-11,15-16,19-20H,5,12-14,17-18H2,1-4H3,(H,34,38)(H,35,36,39). The molecule has 1 aromatic heterocycles. The second-order valence-corrected chi connectivity index (χ2v) is 10.8. The van der Waals surface area contributed by atoms with Crippen molar-refractivity contribution in [2.75, 3.05) is 37.6 Å². The van der Waals surface area contributed by atoms with Crippen molar-refractivity contribution in [3.63, 3.8) is 0 Å². The molecule has 0 atom stereocenters. The Morgan fingerprint density at radius 3 is 2.39 bits per heavy atom. The number of anilines is 2. The van der Waals surface area contributed by atoms with E-state index in [9.17, 15) is 14.4 Å². The minimum absolute atomic E-state index is 0.00929. The van der Waals surface area contributed by atoms with Crippen LogP contribution in [0.25, 0.3) is 10.9 Å². The smallest absolute Gasteiger partial charge is 0.251 e. The maximum Gasteiger partial charge on any atom is 0.251 e. The maximum absolute atomic E-state index is 13.7. The Balaban J connectivity index is 1.43. The summed E-state index contributed by atoms with van der Waals surface area (Å²) in [5.41, 5.74) is 2.42. The predicted octanol–water partition coefficient (Wildman–Crippen LogP) is 5.26. The monoisotopic (exact) mass is 600 g/mol. The highest BCUT2D eigenvalue weighted by Crippen LogP contribution is 2.32. The number of amides is 2. The average molecular weight is 601 g/mol. The first-order chi connectivity index (χ1) is 21.2. The molecule has 2 amide bonds. The van der Waals surface area contributed by atoms with Crippen LogP contribution in [0.1, 0.15) is 43.1 Å². The summed E-state index contributed by atoms with van der Waals surface area (Å²) >= 11 is 0. The van der Waals surface area contributed by atoms with Crippen molar-refractivity contribution in [2.45, 2.75) is 40.0 Å². The van der Waals surface area contributed by atoms with Gasteiger partial charge in [-0.05, 0) is 66.4 Å². The van der Waals surface area contributed by atoms with Crippen LogP contribution in [-0.2, 0) is 22.4 Å². The molecule has 11 heteroatoms. The number of fused-ring (bicyclic) bond motifs is 2. The Morgan fingerprint density at radius 2 is 1.64 bits per heavy atom. The molecular weight excluding hydrogens is 564 g/mol. The zero-order valence-corrected chi connectivity index (χ0v) is 25.3. The Hall–Kier alpha value is -5.06. The molecule has 0 bridgehead atoms. The van der Waals surface area contributed by atoms with Gasteiger partial charge >= 0.3 is 0 Å². The summed E-state index contributed by atoms with van der Waals surface area (Å²) in [5.74, 6) is 1.99. The first-order valence-corrected chi connectivity index (χ1v) is 14.6. The molecule has 1 aliphatic rings. The number of carbonyl (C=O) groups is 3. The molecule has 44 heavy (non-hydrogen) atoms. The molecule has 0 fully saturated rings. The van der Waals surface area contributed by atoms with Crippen molar-refractivity contribution in [3.8, 4) is 23.0 Å². The minimum Gasteiger partial charge on any atom is -0.493 e. The lowest BCUT2D eigenvalue weighted by Crippen LogP contribution is -2.18. The van der Waals surface area contributed by atoms with Crippen molar-refractivity contribution in [3.05, 3.63) is 65.7 Å². The van der Waals surface area contributed by atoms with Crippen LogP contribution in [0.15, 0.2) is 54.6 Å². The van der Waals surface area contributed by atoms with Gasteiger partial charge in [0, 0.05) is 17.5 Å². The molecule has 3 aromatic carbocycles. The van der Waals surface area contributed by atoms with E-state index in [2.05, 4.69) is 15.7 Å². The number of aromatic nitrogens is 2. The van der Waals surface area contributed by atoms with Crippen molar-refractivity contribution < 1.29 is 33.3 Å². The molecule has 1 aliphatic heterocycles. The molecule has 2 heterocycles. The Labute approximate surface area is 255 Å². The van der Waals surface area contributed by atoms with Gasteiger partial charge in [0.2, 0.25) is 11.8 Å². The predicted molar refractivity (Wildman–Crippen MR) is 166 cm³/mol. The zero-order valence-electron chi connectivity index (χ0n) is 25.3. The van der Waals surface area contributed by atoms with E-state index in [1.807, 2.05) is 26.8 Å². The Kier molecular flexibility index (Phi) is 9.32. The first-order valence-electron chi connectivity index (χ1n) is 14.6. The van der Waals surface area contributed by atoms with Gasteiger partial charge < -0.3 is 29.6 Å². The molecule has 0 saturated heterocycles. The van der Waals surface area contributed by atoms with E-state index in [-0.39, 0.29) is 42.3 Å². The van der Waals surface area contributed by atoms with Gasteiger partial charge in [0.1, 0.15) is 13.2 Å². The van der Waals surface area contributed by atoms with Crippen LogP contribution in [0.5, 0.6) is 23.0 Å². The fourth-order valence-corrected chi connectivity index (χ4v) is 4.97. The number of ether oxygens (including phenoxy) is 4. The van der Waals surface area contributed by atoms with E-state index < -0.39 is 0 Å². The fraction of sp³-hybridized carbons (Fsp3) is 0.333. The molecule has 0 saturated carbocycles. The highest BCUT2D eigenvalue weighted by molar-refractivity contribution is 6.05. The van der Waals surface area contributed by atoms with Crippen LogP contribution in [0.3, 0.4) is 0 Å². The second kappa shape index (κ2) is 13.5. The third-order valence-electron chi connectivity index (χ3n) is 6.91. The van der Waals surface area contributed by atoms with E-state index >= 15 is 0 Å². The summed E-state index contributed by atoms with van der Waals surface area (Å²) in [6, 6.07) is 15.8. The summed E-state index contributed by atoms with van der Waals surface area (Å²) in [6.45, 7) is 7.17. The van der Waals surface area contributed by atoms with Gasteiger partial charge in [-0.3, -0.25) is 14.4 Å². The van der Waals surface area contributed by atoms with Crippen molar-refractivity contribution in [1.82, 2.24) is 9.78 Å². The van der Waals surface area contributed by atoms with E-state index in [4.69, 9.17) is 18.9 Å². The molecule has 0 aliphatic carbocycles. The molecule has 0 unspecified atom stereocenters. The molecule has 230 valence electrons.